The monoisotopic (exact) mass is 180 g/mol. The Kier molecular flexibility index (Phi) is 9.18. The van der Waals surface area contributed by atoms with Gasteiger partial charge in [0.25, 0.3) is 0 Å². The molecule has 76 valence electrons. The highest BCUT2D eigenvalue weighted by Crippen LogP contribution is 2.03. The first-order valence-electron chi connectivity index (χ1n) is 5.62. The lowest BCUT2D eigenvalue weighted by Crippen LogP contribution is -1.83. The SMILES string of the molecule is CCCC/C=C/C/C=C/[C@@H](C)CC. The molecule has 0 rings (SSSR count). The van der Waals surface area contributed by atoms with Crippen LogP contribution in [0, 0.1) is 5.92 Å². The Balaban J connectivity index is 3.32. The predicted octanol–water partition coefficient (Wildman–Crippen LogP) is 4.73. The normalized spacial score (nSPS) is 14.4. The van der Waals surface area contributed by atoms with Gasteiger partial charge in [-0.3, -0.25) is 0 Å². The molecule has 0 aliphatic rings. The van der Waals surface area contributed by atoms with E-state index in [2.05, 4.69) is 45.1 Å². The molecule has 0 nitrogen and oxygen atoms in total. The average molecular weight is 180 g/mol. The van der Waals surface area contributed by atoms with Crippen molar-refractivity contribution in [2.24, 2.45) is 5.92 Å². The Bertz CT molecular complexity index is 142. The maximum Gasteiger partial charge on any atom is -0.0169 e. The minimum Gasteiger partial charge on any atom is -0.0882 e. The number of hydrogen-bond donors (Lipinski definition) is 0. The van der Waals surface area contributed by atoms with Gasteiger partial charge in [0.15, 0.2) is 0 Å². The van der Waals surface area contributed by atoms with E-state index in [-0.39, 0.29) is 0 Å². The van der Waals surface area contributed by atoms with Gasteiger partial charge in [-0.15, -0.1) is 0 Å². The number of hydrogen-bond acceptors (Lipinski definition) is 0. The molecule has 0 heteroatoms. The number of allylic oxidation sites excluding steroid dienone is 4. The summed E-state index contributed by atoms with van der Waals surface area (Å²) in [4.78, 5) is 0. The van der Waals surface area contributed by atoms with Crippen molar-refractivity contribution in [1.82, 2.24) is 0 Å². The fourth-order valence-corrected chi connectivity index (χ4v) is 1.06. The fourth-order valence-electron chi connectivity index (χ4n) is 1.06. The summed E-state index contributed by atoms with van der Waals surface area (Å²) in [6.45, 7) is 6.72. The standard InChI is InChI=1S/C13H24/c1-4-6-7-8-9-10-11-12-13(3)5-2/h8-9,11-13H,4-7,10H2,1-3H3/b9-8+,12-11+/t13-/m0/s1. The van der Waals surface area contributed by atoms with Crippen LogP contribution in [0.1, 0.15) is 52.9 Å². The van der Waals surface area contributed by atoms with Crippen molar-refractivity contribution in [2.45, 2.75) is 52.9 Å². The van der Waals surface area contributed by atoms with Crippen LogP contribution in [0.4, 0.5) is 0 Å². The summed E-state index contributed by atoms with van der Waals surface area (Å²) in [6.07, 6.45) is 15.4. The number of rotatable bonds is 7. The quantitative estimate of drug-likeness (QED) is 0.392. The highest BCUT2D eigenvalue weighted by Gasteiger charge is 1.87. The van der Waals surface area contributed by atoms with Crippen LogP contribution in [0.15, 0.2) is 24.3 Å². The molecule has 0 N–H and O–H groups in total. The van der Waals surface area contributed by atoms with E-state index in [1.807, 2.05) is 0 Å². The summed E-state index contributed by atoms with van der Waals surface area (Å²) in [5.41, 5.74) is 0. The smallest absolute Gasteiger partial charge is 0.0169 e. The van der Waals surface area contributed by atoms with Crippen molar-refractivity contribution in [2.75, 3.05) is 0 Å². The van der Waals surface area contributed by atoms with Gasteiger partial charge in [0.2, 0.25) is 0 Å². The molecule has 0 aromatic rings. The van der Waals surface area contributed by atoms with Crippen LogP contribution in [0.3, 0.4) is 0 Å². The van der Waals surface area contributed by atoms with Gasteiger partial charge < -0.3 is 0 Å². The van der Waals surface area contributed by atoms with E-state index in [0.717, 1.165) is 12.3 Å². The minimum atomic E-state index is 0.740. The lowest BCUT2D eigenvalue weighted by atomic mass is 10.1. The zero-order valence-corrected chi connectivity index (χ0v) is 9.42. The van der Waals surface area contributed by atoms with Gasteiger partial charge in [-0.05, 0) is 18.8 Å². The van der Waals surface area contributed by atoms with Gasteiger partial charge in [-0.2, -0.15) is 0 Å². The molecule has 0 aromatic carbocycles. The molecule has 0 aromatic heterocycles. The van der Waals surface area contributed by atoms with Crippen LogP contribution >= 0.6 is 0 Å². The molecule has 0 saturated heterocycles. The fraction of sp³-hybridized carbons (Fsp3) is 0.692. The zero-order valence-electron chi connectivity index (χ0n) is 9.42. The number of unbranched alkanes of at least 4 members (excludes halogenated alkanes) is 2. The Labute approximate surface area is 83.7 Å². The van der Waals surface area contributed by atoms with Crippen LogP contribution < -0.4 is 0 Å². The molecule has 0 saturated carbocycles. The molecule has 0 bridgehead atoms. The second-order valence-electron chi connectivity index (χ2n) is 3.66. The van der Waals surface area contributed by atoms with Crippen LogP contribution in [-0.2, 0) is 0 Å². The van der Waals surface area contributed by atoms with Crippen LogP contribution in [-0.4, -0.2) is 0 Å². The van der Waals surface area contributed by atoms with Crippen molar-refractivity contribution in [1.29, 1.82) is 0 Å². The van der Waals surface area contributed by atoms with Gasteiger partial charge in [0, 0.05) is 0 Å². The molecule has 0 amide bonds. The van der Waals surface area contributed by atoms with E-state index >= 15 is 0 Å². The molecule has 0 spiro atoms. The first-order valence-corrected chi connectivity index (χ1v) is 5.62. The summed E-state index contributed by atoms with van der Waals surface area (Å²) in [5, 5.41) is 0. The maximum absolute atomic E-state index is 2.31. The second-order valence-corrected chi connectivity index (χ2v) is 3.66. The Morgan fingerprint density at radius 2 is 1.85 bits per heavy atom. The van der Waals surface area contributed by atoms with E-state index in [9.17, 15) is 0 Å². The zero-order chi connectivity index (χ0) is 9.94. The van der Waals surface area contributed by atoms with Crippen molar-refractivity contribution >= 4 is 0 Å². The molecule has 0 heterocycles. The van der Waals surface area contributed by atoms with E-state index < -0.39 is 0 Å². The van der Waals surface area contributed by atoms with Gasteiger partial charge in [-0.25, -0.2) is 0 Å². The second kappa shape index (κ2) is 9.57. The van der Waals surface area contributed by atoms with Crippen molar-refractivity contribution in [3.05, 3.63) is 24.3 Å². The summed E-state index contributed by atoms with van der Waals surface area (Å²) in [7, 11) is 0. The minimum absolute atomic E-state index is 0.740. The summed E-state index contributed by atoms with van der Waals surface area (Å²) in [6, 6.07) is 0. The molecule has 0 fully saturated rings. The first-order chi connectivity index (χ1) is 6.31. The predicted molar refractivity (Wildman–Crippen MR) is 61.9 cm³/mol. The van der Waals surface area contributed by atoms with E-state index in [4.69, 9.17) is 0 Å². The third-order valence-corrected chi connectivity index (χ3v) is 2.27. The van der Waals surface area contributed by atoms with Crippen molar-refractivity contribution < 1.29 is 0 Å². The van der Waals surface area contributed by atoms with Crippen molar-refractivity contribution in [3.8, 4) is 0 Å². The lowest BCUT2D eigenvalue weighted by molar-refractivity contribution is 0.696. The topological polar surface area (TPSA) is 0 Å². The molecule has 0 aliphatic heterocycles. The van der Waals surface area contributed by atoms with Gasteiger partial charge in [0.05, 0.1) is 0 Å². The molecule has 0 unspecified atom stereocenters. The summed E-state index contributed by atoms with van der Waals surface area (Å²) < 4.78 is 0. The maximum atomic E-state index is 2.31. The Hall–Kier alpha value is -0.520. The summed E-state index contributed by atoms with van der Waals surface area (Å²) in [5.74, 6) is 0.740. The third-order valence-electron chi connectivity index (χ3n) is 2.27. The van der Waals surface area contributed by atoms with Gasteiger partial charge in [-0.1, -0.05) is 64.3 Å². The van der Waals surface area contributed by atoms with Crippen molar-refractivity contribution in [3.63, 3.8) is 0 Å². The van der Waals surface area contributed by atoms with E-state index in [1.165, 1.54) is 25.7 Å². The largest absolute Gasteiger partial charge is 0.0882 e. The molecular weight excluding hydrogens is 156 g/mol. The highest BCUT2D eigenvalue weighted by atomic mass is 13.9. The molecule has 0 aliphatic carbocycles. The summed E-state index contributed by atoms with van der Waals surface area (Å²) >= 11 is 0. The van der Waals surface area contributed by atoms with E-state index in [0.29, 0.717) is 0 Å². The highest BCUT2D eigenvalue weighted by molar-refractivity contribution is 4.94. The van der Waals surface area contributed by atoms with Gasteiger partial charge in [0.1, 0.15) is 0 Å². The molecular formula is C13H24. The Morgan fingerprint density at radius 1 is 1.08 bits per heavy atom. The average Bonchev–Trinajstić information content (AvgIpc) is 2.16. The third kappa shape index (κ3) is 9.39. The first kappa shape index (κ1) is 12.5. The molecule has 0 radical (unpaired) electrons. The molecule has 1 atom stereocenters. The Morgan fingerprint density at radius 3 is 2.46 bits per heavy atom. The lowest BCUT2D eigenvalue weighted by Gasteiger charge is -1.97. The van der Waals surface area contributed by atoms with E-state index in [1.54, 1.807) is 0 Å². The van der Waals surface area contributed by atoms with Crippen LogP contribution in [0.25, 0.3) is 0 Å². The van der Waals surface area contributed by atoms with Gasteiger partial charge >= 0.3 is 0 Å². The van der Waals surface area contributed by atoms with Crippen LogP contribution in [0.5, 0.6) is 0 Å². The molecule has 13 heavy (non-hydrogen) atoms. The van der Waals surface area contributed by atoms with Crippen LogP contribution in [0.2, 0.25) is 0 Å².